The van der Waals surface area contributed by atoms with Crippen LogP contribution in [0.4, 0.5) is 18.3 Å². The molecule has 1 unspecified atom stereocenters. The number of rotatable bonds is 4. The highest BCUT2D eigenvalue weighted by Crippen LogP contribution is 2.29. The van der Waals surface area contributed by atoms with Gasteiger partial charge in [0.05, 0.1) is 5.60 Å². The summed E-state index contributed by atoms with van der Waals surface area (Å²) in [6, 6.07) is 0. The molecule has 1 atom stereocenters. The van der Waals surface area contributed by atoms with Crippen molar-refractivity contribution in [2.75, 3.05) is 11.9 Å². The number of anilines is 1. The van der Waals surface area contributed by atoms with Gasteiger partial charge in [-0.25, -0.2) is 0 Å². The highest BCUT2D eigenvalue weighted by atomic mass is 32.1. The minimum Gasteiger partial charge on any atom is -0.388 e. The molecule has 0 radical (unpaired) electrons. The van der Waals surface area contributed by atoms with Crippen LogP contribution in [-0.2, 0) is 6.18 Å². The second-order valence-corrected chi connectivity index (χ2v) is 4.38. The summed E-state index contributed by atoms with van der Waals surface area (Å²) >= 11 is 0.624. The second-order valence-electron chi connectivity index (χ2n) is 3.62. The van der Waals surface area contributed by atoms with Crippen LogP contribution < -0.4 is 5.32 Å². The van der Waals surface area contributed by atoms with Crippen molar-refractivity contribution in [2.45, 2.75) is 32.0 Å². The van der Waals surface area contributed by atoms with E-state index in [1.165, 1.54) is 0 Å². The average molecular weight is 255 g/mol. The molecule has 0 aliphatic rings. The number of nitrogens with one attached hydrogen (secondary N) is 1. The van der Waals surface area contributed by atoms with Gasteiger partial charge >= 0.3 is 6.18 Å². The molecule has 1 aromatic heterocycles. The van der Waals surface area contributed by atoms with Crippen molar-refractivity contribution >= 4 is 16.7 Å². The lowest BCUT2D eigenvalue weighted by atomic mass is 10.0. The molecule has 0 bridgehead atoms. The predicted octanol–water partition coefficient (Wildman–Crippen LogP) is 2.13. The van der Waals surface area contributed by atoms with Crippen LogP contribution in [0.3, 0.4) is 0 Å². The summed E-state index contributed by atoms with van der Waals surface area (Å²) < 4.78 is 39.6. The number of hydrogen-bond donors (Lipinski definition) is 2. The van der Waals surface area contributed by atoms with Crippen LogP contribution in [0.15, 0.2) is 0 Å². The summed E-state index contributed by atoms with van der Waals surface area (Å²) in [7, 11) is 0. The lowest BCUT2D eigenvalue weighted by Crippen LogP contribution is -2.32. The fourth-order valence-corrected chi connectivity index (χ4v) is 1.38. The van der Waals surface area contributed by atoms with Crippen LogP contribution in [0.1, 0.15) is 26.1 Å². The maximum atomic E-state index is 12.1. The zero-order valence-corrected chi connectivity index (χ0v) is 9.61. The zero-order chi connectivity index (χ0) is 12.4. The van der Waals surface area contributed by atoms with E-state index in [0.717, 1.165) is 0 Å². The van der Waals surface area contributed by atoms with Gasteiger partial charge in [-0.1, -0.05) is 6.92 Å². The van der Waals surface area contributed by atoms with E-state index in [-0.39, 0.29) is 11.7 Å². The third-order valence-corrected chi connectivity index (χ3v) is 2.73. The van der Waals surface area contributed by atoms with E-state index in [1.54, 1.807) is 13.8 Å². The van der Waals surface area contributed by atoms with Gasteiger partial charge in [0, 0.05) is 18.1 Å². The van der Waals surface area contributed by atoms with E-state index in [4.69, 9.17) is 0 Å². The minimum absolute atomic E-state index is 0.0565. The van der Waals surface area contributed by atoms with Crippen LogP contribution in [0.5, 0.6) is 0 Å². The van der Waals surface area contributed by atoms with E-state index >= 15 is 0 Å². The Morgan fingerprint density at radius 1 is 1.44 bits per heavy atom. The zero-order valence-electron chi connectivity index (χ0n) is 8.80. The Bertz CT molecular complexity index is 351. The van der Waals surface area contributed by atoms with Gasteiger partial charge in [0.1, 0.15) is 0 Å². The number of aromatic nitrogens is 2. The molecule has 1 rings (SSSR count). The first-order chi connectivity index (χ1) is 7.24. The van der Waals surface area contributed by atoms with Gasteiger partial charge in [-0.2, -0.15) is 22.5 Å². The van der Waals surface area contributed by atoms with Gasteiger partial charge in [0.25, 0.3) is 0 Å². The number of alkyl halides is 3. The van der Waals surface area contributed by atoms with E-state index in [0.29, 0.717) is 18.0 Å². The Morgan fingerprint density at radius 3 is 2.50 bits per heavy atom. The Labute approximate surface area is 94.7 Å². The number of halogens is 3. The molecule has 0 aliphatic carbocycles. The van der Waals surface area contributed by atoms with Crippen molar-refractivity contribution < 1.29 is 18.3 Å². The SMILES string of the molecule is CCC(C)(O)CNc1nc(C(F)(F)F)ns1. The molecule has 0 aliphatic heterocycles. The first-order valence-electron chi connectivity index (χ1n) is 4.62. The molecule has 0 saturated carbocycles. The first-order valence-corrected chi connectivity index (χ1v) is 5.39. The van der Waals surface area contributed by atoms with Gasteiger partial charge in [0.2, 0.25) is 11.0 Å². The number of aliphatic hydroxyl groups is 1. The molecule has 1 aromatic rings. The molecule has 16 heavy (non-hydrogen) atoms. The van der Waals surface area contributed by atoms with Gasteiger partial charge < -0.3 is 10.4 Å². The molecule has 0 saturated heterocycles. The molecule has 0 spiro atoms. The Hall–Kier alpha value is -0.890. The van der Waals surface area contributed by atoms with Crippen molar-refractivity contribution in [1.29, 1.82) is 0 Å². The lowest BCUT2D eigenvalue weighted by molar-refractivity contribution is -0.144. The largest absolute Gasteiger partial charge is 0.452 e. The Balaban J connectivity index is 2.60. The number of nitrogens with zero attached hydrogens (tertiary/aromatic N) is 2. The molecule has 8 heteroatoms. The third kappa shape index (κ3) is 3.60. The van der Waals surface area contributed by atoms with Crippen LogP contribution in [0, 0.1) is 0 Å². The molecular formula is C8H12F3N3OS. The van der Waals surface area contributed by atoms with Gasteiger partial charge in [-0.05, 0) is 13.3 Å². The molecule has 92 valence electrons. The first kappa shape index (κ1) is 13.2. The Morgan fingerprint density at radius 2 is 2.06 bits per heavy atom. The lowest BCUT2D eigenvalue weighted by Gasteiger charge is -2.20. The molecule has 4 nitrogen and oxygen atoms in total. The van der Waals surface area contributed by atoms with E-state index < -0.39 is 17.6 Å². The monoisotopic (exact) mass is 255 g/mol. The fourth-order valence-electron chi connectivity index (χ4n) is 0.801. The smallest absolute Gasteiger partial charge is 0.388 e. The summed E-state index contributed by atoms with van der Waals surface area (Å²) in [4.78, 5) is 3.28. The second kappa shape index (κ2) is 4.54. The van der Waals surface area contributed by atoms with E-state index in [9.17, 15) is 18.3 Å². The summed E-state index contributed by atoms with van der Waals surface area (Å²) in [6.45, 7) is 3.50. The van der Waals surface area contributed by atoms with Crippen molar-refractivity contribution in [1.82, 2.24) is 9.36 Å². The molecule has 0 fully saturated rings. The highest BCUT2D eigenvalue weighted by molar-refractivity contribution is 7.09. The molecule has 2 N–H and O–H groups in total. The summed E-state index contributed by atoms with van der Waals surface area (Å²) in [5.41, 5.74) is -0.968. The summed E-state index contributed by atoms with van der Waals surface area (Å²) in [5, 5.41) is 12.3. The van der Waals surface area contributed by atoms with Gasteiger partial charge in [-0.3, -0.25) is 0 Å². The summed E-state index contributed by atoms with van der Waals surface area (Å²) in [5.74, 6) is -1.16. The molecule has 0 aromatic carbocycles. The van der Waals surface area contributed by atoms with Crippen molar-refractivity contribution in [3.05, 3.63) is 5.82 Å². The van der Waals surface area contributed by atoms with Crippen LogP contribution in [0.25, 0.3) is 0 Å². The normalized spacial score (nSPS) is 15.9. The quantitative estimate of drug-likeness (QED) is 0.865. The summed E-state index contributed by atoms with van der Waals surface area (Å²) in [6.07, 6.45) is -4.03. The molecule has 0 amide bonds. The van der Waals surface area contributed by atoms with Crippen LogP contribution in [-0.4, -0.2) is 26.6 Å². The maximum Gasteiger partial charge on any atom is 0.452 e. The average Bonchev–Trinajstić information content (AvgIpc) is 2.63. The topological polar surface area (TPSA) is 58.0 Å². The number of hydrogen-bond acceptors (Lipinski definition) is 5. The Kier molecular flexibility index (Phi) is 3.74. The standard InChI is InChI=1S/C8H12F3N3OS/c1-3-7(2,15)4-12-6-13-5(14-16-6)8(9,10)11/h15H,3-4H2,1-2H3,(H,12,13,14). The van der Waals surface area contributed by atoms with Gasteiger partial charge in [-0.15, -0.1) is 0 Å². The minimum atomic E-state index is -4.52. The third-order valence-electron chi connectivity index (χ3n) is 2.06. The maximum absolute atomic E-state index is 12.1. The van der Waals surface area contributed by atoms with Crippen LogP contribution >= 0.6 is 11.5 Å². The van der Waals surface area contributed by atoms with Crippen molar-refractivity contribution in [3.63, 3.8) is 0 Å². The van der Waals surface area contributed by atoms with E-state index in [2.05, 4.69) is 14.7 Å². The molecule has 1 heterocycles. The van der Waals surface area contributed by atoms with Crippen molar-refractivity contribution in [3.8, 4) is 0 Å². The molecular weight excluding hydrogens is 243 g/mol. The highest BCUT2D eigenvalue weighted by Gasteiger charge is 2.36. The fraction of sp³-hybridized carbons (Fsp3) is 0.750. The van der Waals surface area contributed by atoms with Crippen LogP contribution in [0.2, 0.25) is 0 Å². The van der Waals surface area contributed by atoms with Crippen molar-refractivity contribution in [2.24, 2.45) is 0 Å². The van der Waals surface area contributed by atoms with E-state index in [1.807, 2.05) is 0 Å². The predicted molar refractivity (Wildman–Crippen MR) is 54.3 cm³/mol. The van der Waals surface area contributed by atoms with Gasteiger partial charge in [0.15, 0.2) is 0 Å².